The molecule has 0 aliphatic heterocycles. The molecule has 31 heavy (non-hydrogen) atoms. The van der Waals surface area contributed by atoms with Gasteiger partial charge in [-0.25, -0.2) is 8.42 Å². The lowest BCUT2D eigenvalue weighted by atomic mass is 10.2. The molecule has 1 N–H and O–H groups in total. The molecule has 2 aromatic carbocycles. The first kappa shape index (κ1) is 25.2. The minimum Gasteiger partial charge on any atom is -0.496 e. The zero-order valence-electron chi connectivity index (χ0n) is 18.7. The second-order valence-electron chi connectivity index (χ2n) is 7.16. The molecule has 0 saturated heterocycles. The molecule has 0 unspecified atom stereocenters. The predicted molar refractivity (Wildman–Crippen MR) is 128 cm³/mol. The molecule has 0 heterocycles. The van der Waals surface area contributed by atoms with Gasteiger partial charge >= 0.3 is 0 Å². The number of hydrogen-bond donors (Lipinski definition) is 1. The fourth-order valence-electron chi connectivity index (χ4n) is 3.06. The maximum absolute atomic E-state index is 13.1. The SMILES string of the molecule is CCCCN(CCCC)S(=O)(=O)c1ccc(NC(=O)c2ccc(SC)cc2OC)cc1. The molecule has 0 radical (unpaired) electrons. The summed E-state index contributed by atoms with van der Waals surface area (Å²) < 4.78 is 33.0. The van der Waals surface area contributed by atoms with Crippen molar-refractivity contribution >= 4 is 33.4 Å². The topological polar surface area (TPSA) is 75.7 Å². The molecule has 6 nitrogen and oxygen atoms in total. The van der Waals surface area contributed by atoms with Gasteiger partial charge in [0.25, 0.3) is 5.91 Å². The Hall–Kier alpha value is -2.03. The predicted octanol–water partition coefficient (Wildman–Crippen LogP) is 5.26. The van der Waals surface area contributed by atoms with Crippen LogP contribution in [0.5, 0.6) is 5.75 Å². The van der Waals surface area contributed by atoms with Gasteiger partial charge in [0.1, 0.15) is 5.75 Å². The minimum atomic E-state index is -3.56. The monoisotopic (exact) mass is 464 g/mol. The van der Waals surface area contributed by atoms with E-state index in [0.29, 0.717) is 30.1 Å². The summed E-state index contributed by atoms with van der Waals surface area (Å²) in [7, 11) is -2.04. The van der Waals surface area contributed by atoms with E-state index in [1.807, 2.05) is 32.2 Å². The third-order valence-corrected chi connectivity index (χ3v) is 7.56. The largest absolute Gasteiger partial charge is 0.496 e. The van der Waals surface area contributed by atoms with Crippen LogP contribution in [0.2, 0.25) is 0 Å². The van der Waals surface area contributed by atoms with E-state index in [1.54, 1.807) is 46.4 Å². The Balaban J connectivity index is 2.18. The molecule has 2 aromatic rings. The summed E-state index contributed by atoms with van der Waals surface area (Å²) in [5.74, 6) is 0.179. The van der Waals surface area contributed by atoms with Gasteiger partial charge in [0, 0.05) is 23.7 Å². The van der Waals surface area contributed by atoms with E-state index in [0.717, 1.165) is 30.6 Å². The summed E-state index contributed by atoms with van der Waals surface area (Å²) in [6.07, 6.45) is 5.48. The quantitative estimate of drug-likeness (QED) is 0.434. The number of unbranched alkanes of at least 4 members (excludes halogenated alkanes) is 2. The molecule has 0 fully saturated rings. The van der Waals surface area contributed by atoms with Crippen LogP contribution in [-0.2, 0) is 10.0 Å². The van der Waals surface area contributed by atoms with Crippen molar-refractivity contribution in [3.05, 3.63) is 48.0 Å². The molecule has 8 heteroatoms. The van der Waals surface area contributed by atoms with E-state index in [2.05, 4.69) is 5.32 Å². The number of amides is 1. The third-order valence-electron chi connectivity index (χ3n) is 4.93. The van der Waals surface area contributed by atoms with Gasteiger partial charge in [-0.15, -0.1) is 11.8 Å². The zero-order valence-corrected chi connectivity index (χ0v) is 20.3. The number of nitrogens with one attached hydrogen (secondary N) is 1. The van der Waals surface area contributed by atoms with Crippen molar-refractivity contribution in [2.24, 2.45) is 0 Å². The summed E-state index contributed by atoms with van der Waals surface area (Å²) in [4.78, 5) is 13.9. The van der Waals surface area contributed by atoms with Gasteiger partial charge in [0.05, 0.1) is 17.6 Å². The van der Waals surface area contributed by atoms with Crippen LogP contribution in [0.1, 0.15) is 49.9 Å². The lowest BCUT2D eigenvalue weighted by molar-refractivity contribution is 0.102. The van der Waals surface area contributed by atoms with Gasteiger partial charge in [-0.05, 0) is 61.6 Å². The minimum absolute atomic E-state index is 0.236. The number of carbonyl (C=O) groups is 1. The average molecular weight is 465 g/mol. The first-order valence-corrected chi connectivity index (χ1v) is 13.2. The Morgan fingerprint density at radius 2 is 1.65 bits per heavy atom. The fourth-order valence-corrected chi connectivity index (χ4v) is 5.01. The van der Waals surface area contributed by atoms with Crippen molar-refractivity contribution < 1.29 is 17.9 Å². The molecule has 0 saturated carbocycles. The number of anilines is 1. The molecule has 2 rings (SSSR count). The van der Waals surface area contributed by atoms with E-state index >= 15 is 0 Å². The standard InChI is InChI=1S/C23H32N2O4S2/c1-5-7-15-25(16-8-6-2)31(27,28)20-12-9-18(10-13-20)24-23(26)21-14-11-19(30-4)17-22(21)29-3/h9-14,17H,5-8,15-16H2,1-4H3,(H,24,26). The third kappa shape index (κ3) is 6.72. The highest BCUT2D eigenvalue weighted by molar-refractivity contribution is 7.98. The Labute approximate surface area is 190 Å². The van der Waals surface area contributed by atoms with Crippen molar-refractivity contribution in [3.63, 3.8) is 0 Å². The van der Waals surface area contributed by atoms with Crippen LogP contribution in [0.25, 0.3) is 0 Å². The Kier molecular flexibility index (Phi) is 9.87. The van der Waals surface area contributed by atoms with Crippen molar-refractivity contribution in [3.8, 4) is 5.75 Å². The Morgan fingerprint density at radius 3 is 2.16 bits per heavy atom. The van der Waals surface area contributed by atoms with E-state index in [1.165, 1.54) is 7.11 Å². The molecule has 1 amide bonds. The number of carbonyl (C=O) groups excluding carboxylic acids is 1. The van der Waals surface area contributed by atoms with Crippen LogP contribution < -0.4 is 10.1 Å². The normalized spacial score (nSPS) is 11.5. The van der Waals surface area contributed by atoms with Crippen molar-refractivity contribution in [2.75, 3.05) is 31.8 Å². The number of ether oxygens (including phenoxy) is 1. The van der Waals surface area contributed by atoms with Crippen LogP contribution in [0.3, 0.4) is 0 Å². The van der Waals surface area contributed by atoms with Crippen LogP contribution in [0, 0.1) is 0 Å². The molecule has 0 aromatic heterocycles. The highest BCUT2D eigenvalue weighted by Crippen LogP contribution is 2.26. The molecule has 0 atom stereocenters. The molecule has 0 spiro atoms. The van der Waals surface area contributed by atoms with E-state index in [-0.39, 0.29) is 10.8 Å². The Morgan fingerprint density at radius 1 is 1.03 bits per heavy atom. The lowest BCUT2D eigenvalue weighted by Crippen LogP contribution is -2.33. The van der Waals surface area contributed by atoms with Crippen LogP contribution in [0.4, 0.5) is 5.69 Å². The maximum Gasteiger partial charge on any atom is 0.259 e. The second-order valence-corrected chi connectivity index (χ2v) is 9.97. The highest BCUT2D eigenvalue weighted by atomic mass is 32.2. The van der Waals surface area contributed by atoms with E-state index < -0.39 is 10.0 Å². The summed E-state index contributed by atoms with van der Waals surface area (Å²) in [5, 5.41) is 2.81. The van der Waals surface area contributed by atoms with Gasteiger partial charge in [-0.2, -0.15) is 4.31 Å². The molecular formula is C23H32N2O4S2. The molecular weight excluding hydrogens is 432 g/mol. The van der Waals surface area contributed by atoms with Crippen molar-refractivity contribution in [1.82, 2.24) is 4.31 Å². The summed E-state index contributed by atoms with van der Waals surface area (Å²) in [5.41, 5.74) is 0.941. The second kappa shape index (κ2) is 12.1. The van der Waals surface area contributed by atoms with Crippen LogP contribution in [-0.4, -0.2) is 45.1 Å². The Bertz CT molecular complexity index is 952. The number of methoxy groups -OCH3 is 1. The summed E-state index contributed by atoms with van der Waals surface area (Å²) in [6, 6.07) is 11.7. The van der Waals surface area contributed by atoms with Gasteiger partial charge in [-0.3, -0.25) is 4.79 Å². The molecule has 170 valence electrons. The van der Waals surface area contributed by atoms with Gasteiger partial charge in [0.2, 0.25) is 10.0 Å². The molecule has 0 aliphatic rings. The number of rotatable bonds is 12. The molecule has 0 aliphatic carbocycles. The number of hydrogen-bond acceptors (Lipinski definition) is 5. The smallest absolute Gasteiger partial charge is 0.259 e. The maximum atomic E-state index is 13.1. The number of sulfonamides is 1. The first-order chi connectivity index (χ1) is 14.9. The van der Waals surface area contributed by atoms with Gasteiger partial charge < -0.3 is 10.1 Å². The van der Waals surface area contributed by atoms with Crippen LogP contribution in [0.15, 0.2) is 52.3 Å². The van der Waals surface area contributed by atoms with Crippen molar-refractivity contribution in [1.29, 1.82) is 0 Å². The highest BCUT2D eigenvalue weighted by Gasteiger charge is 2.23. The molecule has 0 bridgehead atoms. The number of nitrogens with zero attached hydrogens (tertiary/aromatic N) is 1. The van der Waals surface area contributed by atoms with Crippen LogP contribution >= 0.6 is 11.8 Å². The lowest BCUT2D eigenvalue weighted by Gasteiger charge is -2.22. The zero-order chi connectivity index (χ0) is 22.9. The van der Waals surface area contributed by atoms with Gasteiger partial charge in [-0.1, -0.05) is 26.7 Å². The van der Waals surface area contributed by atoms with Gasteiger partial charge in [0.15, 0.2) is 0 Å². The van der Waals surface area contributed by atoms with E-state index in [9.17, 15) is 13.2 Å². The summed E-state index contributed by atoms with van der Waals surface area (Å²) in [6.45, 7) is 5.13. The first-order valence-electron chi connectivity index (χ1n) is 10.5. The van der Waals surface area contributed by atoms with Crippen molar-refractivity contribution in [2.45, 2.75) is 49.3 Å². The average Bonchev–Trinajstić information content (AvgIpc) is 2.78. The van der Waals surface area contributed by atoms with E-state index in [4.69, 9.17) is 4.74 Å². The number of benzene rings is 2. The fraction of sp³-hybridized carbons (Fsp3) is 0.435. The number of thioether (sulfide) groups is 1. The summed E-state index contributed by atoms with van der Waals surface area (Å²) >= 11 is 1.57.